The maximum absolute atomic E-state index is 12.8. The van der Waals surface area contributed by atoms with Gasteiger partial charge >= 0.3 is 5.97 Å². The zero-order chi connectivity index (χ0) is 23.0. The molecule has 0 aromatic heterocycles. The molecule has 2 amide bonds. The molecule has 0 spiro atoms. The fourth-order valence-electron chi connectivity index (χ4n) is 2.96. The van der Waals surface area contributed by atoms with Gasteiger partial charge in [-0.25, -0.2) is 4.79 Å². The lowest BCUT2D eigenvalue weighted by Gasteiger charge is -2.24. The molecule has 7 N–H and O–H groups in total. The van der Waals surface area contributed by atoms with Gasteiger partial charge in [-0.2, -0.15) is 0 Å². The number of aliphatic carboxylic acids is 1. The third-order valence-corrected chi connectivity index (χ3v) is 4.69. The van der Waals surface area contributed by atoms with Crippen molar-refractivity contribution in [3.8, 4) is 5.75 Å². The van der Waals surface area contributed by atoms with Crippen LogP contribution in [0.2, 0.25) is 0 Å². The highest BCUT2D eigenvalue weighted by molar-refractivity contribution is 5.92. The summed E-state index contributed by atoms with van der Waals surface area (Å²) in [5, 5.41) is 33.1. The first-order chi connectivity index (χ1) is 14.7. The van der Waals surface area contributed by atoms with Crippen molar-refractivity contribution in [2.75, 3.05) is 0 Å². The van der Waals surface area contributed by atoms with Gasteiger partial charge in [-0.1, -0.05) is 42.5 Å². The number of carboxylic acids is 1. The minimum Gasteiger partial charge on any atom is -0.508 e. The van der Waals surface area contributed by atoms with Crippen molar-refractivity contribution < 1.29 is 29.7 Å². The van der Waals surface area contributed by atoms with Crippen molar-refractivity contribution in [1.29, 1.82) is 0 Å². The second-order valence-electron chi connectivity index (χ2n) is 7.29. The molecular weight excluding hydrogens is 402 g/mol. The van der Waals surface area contributed by atoms with Crippen molar-refractivity contribution in [1.82, 2.24) is 10.6 Å². The van der Waals surface area contributed by atoms with Crippen LogP contribution in [0.15, 0.2) is 54.6 Å². The molecule has 0 bridgehead atoms. The van der Waals surface area contributed by atoms with E-state index < -0.39 is 42.0 Å². The van der Waals surface area contributed by atoms with Crippen molar-refractivity contribution in [2.24, 2.45) is 5.73 Å². The number of aromatic hydroxyl groups is 1. The predicted molar refractivity (Wildman–Crippen MR) is 113 cm³/mol. The minimum atomic E-state index is -1.52. The molecule has 0 aliphatic carbocycles. The smallest absolute Gasteiger partial charge is 0.328 e. The van der Waals surface area contributed by atoms with Crippen LogP contribution in [0.5, 0.6) is 5.75 Å². The van der Waals surface area contributed by atoms with Gasteiger partial charge in [0, 0.05) is 6.42 Å². The maximum atomic E-state index is 12.8. The number of amides is 2. The number of phenolic OH excluding ortho intramolecular Hbond substituents is 1. The number of benzene rings is 2. The van der Waals surface area contributed by atoms with Crippen LogP contribution in [0, 0.1) is 0 Å². The van der Waals surface area contributed by atoms with Gasteiger partial charge in [0.1, 0.15) is 11.8 Å². The molecule has 0 unspecified atom stereocenters. The maximum Gasteiger partial charge on any atom is 0.328 e. The van der Waals surface area contributed by atoms with E-state index in [9.17, 15) is 29.7 Å². The third-order valence-electron chi connectivity index (χ3n) is 4.69. The topological polar surface area (TPSA) is 162 Å². The predicted octanol–water partition coefficient (Wildman–Crippen LogP) is -0.0603. The lowest BCUT2D eigenvalue weighted by atomic mass is 10.0. The van der Waals surface area contributed by atoms with E-state index >= 15 is 0 Å². The Balaban J connectivity index is 2.13. The van der Waals surface area contributed by atoms with E-state index in [2.05, 4.69) is 10.6 Å². The van der Waals surface area contributed by atoms with Gasteiger partial charge in [0.15, 0.2) is 6.04 Å². The monoisotopic (exact) mass is 429 g/mol. The molecule has 0 radical (unpaired) electrons. The summed E-state index contributed by atoms with van der Waals surface area (Å²) in [6, 6.07) is 11.5. The average Bonchev–Trinajstić information content (AvgIpc) is 2.73. The second kappa shape index (κ2) is 11.1. The Morgan fingerprint density at radius 3 is 2.03 bits per heavy atom. The highest BCUT2D eigenvalue weighted by Crippen LogP contribution is 2.11. The molecule has 166 valence electrons. The summed E-state index contributed by atoms with van der Waals surface area (Å²) in [6.45, 7) is 1.25. The van der Waals surface area contributed by atoms with E-state index in [0.717, 1.165) is 11.1 Å². The Bertz CT molecular complexity index is 886. The van der Waals surface area contributed by atoms with Crippen LogP contribution in [0.25, 0.3) is 0 Å². The standard InChI is InChI=1S/C22H27N3O6/c1-13(26)19(22(30)31)25-21(29)18(12-14-5-3-2-4-6-14)24-20(28)17(23)11-15-7-9-16(27)10-8-15/h2-10,13,17-19,26-27H,11-12,23H2,1H3,(H,24,28)(H,25,29)(H,30,31)/t13-,17+,18+,19+/m1/s1. The Labute approximate surface area is 179 Å². The summed E-state index contributed by atoms with van der Waals surface area (Å²) in [4.78, 5) is 36.7. The number of nitrogens with one attached hydrogen (secondary N) is 2. The minimum absolute atomic E-state index is 0.0902. The molecule has 31 heavy (non-hydrogen) atoms. The van der Waals surface area contributed by atoms with Crippen LogP contribution in [0.4, 0.5) is 0 Å². The highest BCUT2D eigenvalue weighted by Gasteiger charge is 2.30. The number of aliphatic hydroxyl groups excluding tert-OH is 1. The molecule has 0 aliphatic heterocycles. The zero-order valence-corrected chi connectivity index (χ0v) is 17.1. The molecular formula is C22H27N3O6. The first-order valence-corrected chi connectivity index (χ1v) is 9.76. The zero-order valence-electron chi connectivity index (χ0n) is 17.1. The number of aliphatic hydroxyl groups is 1. The number of rotatable bonds is 10. The number of phenols is 1. The molecule has 0 heterocycles. The lowest BCUT2D eigenvalue weighted by Crippen LogP contribution is -2.57. The molecule has 2 aromatic carbocycles. The van der Waals surface area contributed by atoms with Gasteiger partial charge in [0.25, 0.3) is 0 Å². The van der Waals surface area contributed by atoms with Crippen molar-refractivity contribution in [2.45, 2.75) is 44.0 Å². The molecule has 9 nitrogen and oxygen atoms in total. The summed E-state index contributed by atoms with van der Waals surface area (Å²) in [6.07, 6.45) is -1.04. The fraction of sp³-hybridized carbons (Fsp3) is 0.318. The summed E-state index contributed by atoms with van der Waals surface area (Å²) in [5.41, 5.74) is 7.46. The normalized spacial score (nSPS) is 14.7. The van der Waals surface area contributed by atoms with Crippen molar-refractivity contribution >= 4 is 17.8 Å². The molecule has 0 aliphatic rings. The van der Waals surface area contributed by atoms with Crippen molar-refractivity contribution in [3.63, 3.8) is 0 Å². The Morgan fingerprint density at radius 1 is 0.903 bits per heavy atom. The van der Waals surface area contributed by atoms with E-state index in [0.29, 0.717) is 0 Å². The van der Waals surface area contributed by atoms with E-state index in [1.165, 1.54) is 19.1 Å². The van der Waals surface area contributed by atoms with Crippen LogP contribution in [-0.2, 0) is 27.2 Å². The van der Waals surface area contributed by atoms with Gasteiger partial charge < -0.3 is 31.7 Å². The highest BCUT2D eigenvalue weighted by atomic mass is 16.4. The number of nitrogens with two attached hydrogens (primary N) is 1. The molecule has 2 aromatic rings. The first kappa shape index (κ1) is 23.8. The van der Waals surface area contributed by atoms with Gasteiger partial charge in [-0.3, -0.25) is 9.59 Å². The number of carboxylic acid groups (broad SMARTS) is 1. The van der Waals surface area contributed by atoms with Crippen LogP contribution in [0.1, 0.15) is 18.1 Å². The van der Waals surface area contributed by atoms with E-state index in [4.69, 9.17) is 5.73 Å². The largest absolute Gasteiger partial charge is 0.508 e. The Kier molecular flexibility index (Phi) is 8.53. The molecule has 4 atom stereocenters. The molecule has 0 saturated heterocycles. The Hall–Kier alpha value is -3.43. The van der Waals surface area contributed by atoms with Gasteiger partial charge in [-0.15, -0.1) is 0 Å². The van der Waals surface area contributed by atoms with Crippen molar-refractivity contribution in [3.05, 3.63) is 65.7 Å². The number of hydrogen-bond donors (Lipinski definition) is 6. The number of hydrogen-bond acceptors (Lipinski definition) is 6. The first-order valence-electron chi connectivity index (χ1n) is 9.76. The van der Waals surface area contributed by atoms with E-state index in [-0.39, 0.29) is 18.6 Å². The average molecular weight is 429 g/mol. The van der Waals surface area contributed by atoms with Gasteiger partial charge in [0.2, 0.25) is 11.8 Å². The number of carbonyl (C=O) groups excluding carboxylic acids is 2. The van der Waals surface area contributed by atoms with E-state index in [1.807, 2.05) is 0 Å². The van der Waals surface area contributed by atoms with Crippen LogP contribution in [-0.4, -0.2) is 57.3 Å². The van der Waals surface area contributed by atoms with Gasteiger partial charge in [0.05, 0.1) is 12.1 Å². The number of carbonyl (C=O) groups is 3. The molecule has 0 saturated carbocycles. The second-order valence-corrected chi connectivity index (χ2v) is 7.29. The van der Waals surface area contributed by atoms with Crippen LogP contribution in [0.3, 0.4) is 0 Å². The van der Waals surface area contributed by atoms with Crippen LogP contribution >= 0.6 is 0 Å². The van der Waals surface area contributed by atoms with Gasteiger partial charge in [-0.05, 0) is 36.6 Å². The summed E-state index contributed by atoms with van der Waals surface area (Å²) >= 11 is 0. The molecule has 0 fully saturated rings. The fourth-order valence-corrected chi connectivity index (χ4v) is 2.96. The Morgan fingerprint density at radius 2 is 1.48 bits per heavy atom. The molecule has 2 rings (SSSR count). The quantitative estimate of drug-likeness (QED) is 0.308. The third kappa shape index (κ3) is 7.40. The SMILES string of the molecule is C[C@@H](O)[C@H](NC(=O)[C@H](Cc1ccccc1)NC(=O)[C@@H](N)Cc1ccc(O)cc1)C(=O)O. The summed E-state index contributed by atoms with van der Waals surface area (Å²) < 4.78 is 0. The lowest BCUT2D eigenvalue weighted by molar-refractivity contribution is -0.145. The van der Waals surface area contributed by atoms with E-state index in [1.54, 1.807) is 42.5 Å². The summed E-state index contributed by atoms with van der Waals surface area (Å²) in [5.74, 6) is -2.64. The van der Waals surface area contributed by atoms with Crippen LogP contribution < -0.4 is 16.4 Å². The summed E-state index contributed by atoms with van der Waals surface area (Å²) in [7, 11) is 0. The molecule has 9 heteroatoms.